The van der Waals surface area contributed by atoms with Gasteiger partial charge in [-0.25, -0.2) is 10.2 Å². The summed E-state index contributed by atoms with van der Waals surface area (Å²) >= 11 is 13.1. The number of hydrazine groups is 1. The minimum atomic E-state index is -0.348. The molecule has 0 bridgehead atoms. The molecule has 3 N–H and O–H groups in total. The topological polar surface area (TPSA) is 107 Å². The van der Waals surface area contributed by atoms with Gasteiger partial charge in [0, 0.05) is 44.7 Å². The Morgan fingerprint density at radius 3 is 2.53 bits per heavy atom. The second-order valence-corrected chi connectivity index (χ2v) is 10.9. The molecule has 3 aromatic carbocycles. The number of hydrogen-bond acceptors (Lipinski definition) is 8. The first kappa shape index (κ1) is 30.6. The Hall–Kier alpha value is -3.89. The highest BCUT2D eigenvalue weighted by Crippen LogP contribution is 2.35. The lowest BCUT2D eigenvalue weighted by molar-refractivity contribution is 0.0525. The van der Waals surface area contributed by atoms with Gasteiger partial charge in [0.15, 0.2) is 0 Å². The molecule has 5 rings (SSSR count). The summed E-state index contributed by atoms with van der Waals surface area (Å²) in [6, 6.07) is 15.1. The Bertz CT molecular complexity index is 1560. The molecule has 3 aromatic rings. The first-order valence-electron chi connectivity index (χ1n) is 14.0. The summed E-state index contributed by atoms with van der Waals surface area (Å²) in [4.78, 5) is 28.6. The van der Waals surface area contributed by atoms with Crippen molar-refractivity contribution in [3.63, 3.8) is 0 Å². The van der Waals surface area contributed by atoms with Gasteiger partial charge < -0.3 is 25.1 Å². The van der Waals surface area contributed by atoms with Crippen LogP contribution in [0.1, 0.15) is 44.3 Å². The van der Waals surface area contributed by atoms with E-state index in [0.29, 0.717) is 62.7 Å². The number of morpholine rings is 1. The van der Waals surface area contributed by atoms with E-state index in [0.717, 1.165) is 27.9 Å². The molecule has 2 heterocycles. The Labute approximate surface area is 260 Å². The van der Waals surface area contributed by atoms with Crippen LogP contribution in [-0.2, 0) is 22.6 Å². The number of anilines is 1. The largest absolute Gasteiger partial charge is 0.462 e. The van der Waals surface area contributed by atoms with Crippen LogP contribution in [-0.4, -0.2) is 63.1 Å². The molecule has 0 radical (unpaired) electrons. The fourth-order valence-corrected chi connectivity index (χ4v) is 6.04. The SMILES string of the molecule is CCOC(=O)c1ccc(-c2cccc3c2CNN(C(=O)c2c(Cl)cc(/C(C=N)=C/NC)cc2Cl)C3)cc1N1CCOCC1. The normalized spacial score (nSPS) is 15.1. The van der Waals surface area contributed by atoms with Gasteiger partial charge in [-0.3, -0.25) is 9.80 Å². The van der Waals surface area contributed by atoms with E-state index < -0.39 is 0 Å². The second-order valence-electron chi connectivity index (χ2n) is 10.1. The third-order valence-corrected chi connectivity index (χ3v) is 8.09. The predicted molar refractivity (Wildman–Crippen MR) is 170 cm³/mol. The van der Waals surface area contributed by atoms with Crippen LogP contribution in [0.2, 0.25) is 10.0 Å². The monoisotopic (exact) mass is 621 g/mol. The Kier molecular flexibility index (Phi) is 9.67. The third-order valence-electron chi connectivity index (χ3n) is 7.49. The number of nitrogens with one attached hydrogen (secondary N) is 3. The van der Waals surface area contributed by atoms with Crippen molar-refractivity contribution in [3.8, 4) is 11.1 Å². The van der Waals surface area contributed by atoms with Crippen LogP contribution in [0.3, 0.4) is 0 Å². The van der Waals surface area contributed by atoms with Crippen LogP contribution in [0.15, 0.2) is 54.7 Å². The highest BCUT2D eigenvalue weighted by molar-refractivity contribution is 6.40. The van der Waals surface area contributed by atoms with Gasteiger partial charge in [0.25, 0.3) is 5.91 Å². The molecule has 1 fully saturated rings. The van der Waals surface area contributed by atoms with Gasteiger partial charge in [-0.15, -0.1) is 0 Å². The van der Waals surface area contributed by atoms with Crippen molar-refractivity contribution in [3.05, 3.63) is 92.6 Å². The molecular formula is C32H33Cl2N5O4. The van der Waals surface area contributed by atoms with Crippen LogP contribution >= 0.6 is 23.2 Å². The number of carbonyl (C=O) groups is 2. The third kappa shape index (κ3) is 6.40. The zero-order valence-electron chi connectivity index (χ0n) is 24.0. The molecule has 0 spiro atoms. The maximum Gasteiger partial charge on any atom is 0.340 e. The molecule has 0 aromatic heterocycles. The molecule has 0 atom stereocenters. The summed E-state index contributed by atoms with van der Waals surface area (Å²) < 4.78 is 10.9. The Morgan fingerprint density at radius 1 is 1.12 bits per heavy atom. The fraction of sp³-hybridized carbons (Fsp3) is 0.281. The van der Waals surface area contributed by atoms with Crippen molar-refractivity contribution in [2.75, 3.05) is 44.9 Å². The first-order valence-corrected chi connectivity index (χ1v) is 14.8. The van der Waals surface area contributed by atoms with Gasteiger partial charge in [0.2, 0.25) is 0 Å². The lowest BCUT2D eigenvalue weighted by Gasteiger charge is -2.32. The Balaban J connectivity index is 1.44. The molecular weight excluding hydrogens is 589 g/mol. The quantitative estimate of drug-likeness (QED) is 0.224. The highest BCUT2D eigenvalue weighted by Gasteiger charge is 2.28. The highest BCUT2D eigenvalue weighted by atomic mass is 35.5. The number of hydrogen-bond donors (Lipinski definition) is 3. The smallest absolute Gasteiger partial charge is 0.340 e. The van der Waals surface area contributed by atoms with E-state index in [9.17, 15) is 9.59 Å². The predicted octanol–water partition coefficient (Wildman–Crippen LogP) is 5.54. The molecule has 2 aliphatic rings. The summed E-state index contributed by atoms with van der Waals surface area (Å²) in [5.41, 5.74) is 10.0. The summed E-state index contributed by atoms with van der Waals surface area (Å²) in [6.07, 6.45) is 2.85. The van der Waals surface area contributed by atoms with E-state index >= 15 is 0 Å². The van der Waals surface area contributed by atoms with Crippen molar-refractivity contribution in [1.29, 1.82) is 5.41 Å². The molecule has 2 aliphatic heterocycles. The fourth-order valence-electron chi connectivity index (χ4n) is 5.40. The standard InChI is InChI=1S/C32H33Cl2N5O4/c1-3-43-32(41)25-8-7-20(15-29(25)38-9-11-42-12-10-38)24-6-4-5-21-19-39(37-18-26(21)24)31(40)30-27(33)13-22(14-28(30)34)23(16-35)17-36-2/h4-8,13-17,35-37H,3,9-12,18-19H2,1-2H3/b23-17+,35-16?. The van der Waals surface area contributed by atoms with Crippen molar-refractivity contribution in [1.82, 2.24) is 15.8 Å². The molecule has 1 saturated heterocycles. The molecule has 1 amide bonds. The van der Waals surface area contributed by atoms with Crippen LogP contribution < -0.4 is 15.6 Å². The lowest BCUT2D eigenvalue weighted by Crippen LogP contribution is -2.45. The molecule has 0 aliphatic carbocycles. The van der Waals surface area contributed by atoms with Crippen molar-refractivity contribution >= 4 is 52.6 Å². The second kappa shape index (κ2) is 13.6. The van der Waals surface area contributed by atoms with Crippen LogP contribution in [0.25, 0.3) is 16.7 Å². The molecule has 43 heavy (non-hydrogen) atoms. The van der Waals surface area contributed by atoms with Crippen LogP contribution in [0.4, 0.5) is 5.69 Å². The van der Waals surface area contributed by atoms with Gasteiger partial charge in [-0.1, -0.05) is 47.5 Å². The number of benzene rings is 3. The van der Waals surface area contributed by atoms with Crippen molar-refractivity contribution < 1.29 is 19.1 Å². The number of allylic oxidation sites excluding steroid dienone is 1. The molecule has 0 unspecified atom stereocenters. The van der Waals surface area contributed by atoms with E-state index in [4.69, 9.17) is 38.1 Å². The molecule has 0 saturated carbocycles. The van der Waals surface area contributed by atoms with E-state index in [-0.39, 0.29) is 27.5 Å². The van der Waals surface area contributed by atoms with E-state index in [1.165, 1.54) is 11.2 Å². The number of rotatable bonds is 8. The number of esters is 1. The van der Waals surface area contributed by atoms with Crippen molar-refractivity contribution in [2.45, 2.75) is 20.0 Å². The van der Waals surface area contributed by atoms with Crippen LogP contribution in [0, 0.1) is 5.41 Å². The van der Waals surface area contributed by atoms with E-state index in [2.05, 4.69) is 15.6 Å². The summed E-state index contributed by atoms with van der Waals surface area (Å²) in [6.45, 7) is 5.35. The zero-order chi connectivity index (χ0) is 30.5. The average Bonchev–Trinajstić information content (AvgIpc) is 3.02. The molecule has 224 valence electrons. The molecule has 9 nitrogen and oxygen atoms in total. The number of fused-ring (bicyclic) bond motifs is 1. The maximum absolute atomic E-state index is 13.6. The van der Waals surface area contributed by atoms with E-state index in [1.54, 1.807) is 32.3 Å². The number of halogens is 2. The maximum atomic E-state index is 13.6. The minimum absolute atomic E-state index is 0.192. The Morgan fingerprint density at radius 2 is 1.86 bits per heavy atom. The summed E-state index contributed by atoms with van der Waals surface area (Å²) in [5.74, 6) is -0.695. The van der Waals surface area contributed by atoms with E-state index in [1.807, 2.05) is 36.4 Å². The zero-order valence-corrected chi connectivity index (χ0v) is 25.5. The number of ether oxygens (including phenoxy) is 2. The van der Waals surface area contributed by atoms with Gasteiger partial charge >= 0.3 is 5.97 Å². The van der Waals surface area contributed by atoms with Crippen molar-refractivity contribution in [2.24, 2.45) is 0 Å². The number of amides is 1. The number of carbonyl (C=O) groups excluding carboxylic acids is 2. The van der Waals surface area contributed by atoms with Gasteiger partial charge in [0.1, 0.15) is 0 Å². The lowest BCUT2D eigenvalue weighted by atomic mass is 9.92. The van der Waals surface area contributed by atoms with Crippen LogP contribution in [0.5, 0.6) is 0 Å². The minimum Gasteiger partial charge on any atom is -0.462 e. The summed E-state index contributed by atoms with van der Waals surface area (Å²) in [7, 11) is 1.73. The van der Waals surface area contributed by atoms with Gasteiger partial charge in [0.05, 0.1) is 53.2 Å². The van der Waals surface area contributed by atoms with Gasteiger partial charge in [-0.2, -0.15) is 0 Å². The molecule has 11 heteroatoms. The first-order chi connectivity index (χ1) is 20.9. The summed E-state index contributed by atoms with van der Waals surface area (Å²) in [5, 5.41) is 12.5. The number of nitrogens with zero attached hydrogens (tertiary/aromatic N) is 2. The van der Waals surface area contributed by atoms with Gasteiger partial charge in [-0.05, 0) is 59.0 Å². The average molecular weight is 623 g/mol.